The second-order valence-electron chi connectivity index (χ2n) is 15.3. The van der Waals surface area contributed by atoms with Gasteiger partial charge in [-0.1, -0.05) is 68.4 Å². The Morgan fingerprint density at radius 1 is 0.981 bits per heavy atom. The highest BCUT2D eigenvalue weighted by atomic mass is 32.2. The Bertz CT molecular complexity index is 1640. The molecule has 0 aromatic heterocycles. The third kappa shape index (κ3) is 9.52. The molecule has 0 spiro atoms. The minimum absolute atomic E-state index is 0.0200. The van der Waals surface area contributed by atoms with Gasteiger partial charge in [0.1, 0.15) is 23.0 Å². The van der Waals surface area contributed by atoms with Crippen LogP contribution in [0, 0.1) is 33.3 Å². The molecule has 3 aliphatic carbocycles. The van der Waals surface area contributed by atoms with Crippen LogP contribution in [-0.2, 0) is 22.4 Å². The Balaban J connectivity index is 1.17. The van der Waals surface area contributed by atoms with Crippen molar-refractivity contribution in [1.29, 1.82) is 0 Å². The summed E-state index contributed by atoms with van der Waals surface area (Å²) >= 11 is -1.42. The van der Waals surface area contributed by atoms with Crippen molar-refractivity contribution in [2.45, 2.75) is 121 Å². The number of nitro groups is 1. The van der Waals surface area contributed by atoms with Crippen molar-refractivity contribution < 1.29 is 50.9 Å². The molecule has 0 aliphatic heterocycles. The van der Waals surface area contributed by atoms with Crippen molar-refractivity contribution >= 4 is 28.8 Å². The maximum absolute atomic E-state index is 13.1. The lowest BCUT2D eigenvalue weighted by Crippen LogP contribution is -2.46. The molecule has 5 rings (SSSR count). The lowest BCUT2D eigenvalue weighted by molar-refractivity contribution is -0.384. The summed E-state index contributed by atoms with van der Waals surface area (Å²) in [6.45, 7) is 2.15. The first kappa shape index (κ1) is 40.9. The molecule has 1 unspecified atom stereocenters. The van der Waals surface area contributed by atoms with E-state index in [-0.39, 0.29) is 28.5 Å². The van der Waals surface area contributed by atoms with E-state index in [1.54, 1.807) is 0 Å². The number of unbranched alkanes of at least 4 members (excludes halogenated alkanes) is 6. The Labute approximate surface area is 309 Å². The average molecular weight is 770 g/mol. The van der Waals surface area contributed by atoms with Crippen LogP contribution in [0.1, 0.15) is 114 Å². The molecule has 2 fully saturated rings. The molecule has 3 aliphatic rings. The van der Waals surface area contributed by atoms with Gasteiger partial charge in [0, 0.05) is 36.0 Å². The lowest BCUT2D eigenvalue weighted by Gasteiger charge is -2.52. The van der Waals surface area contributed by atoms with Crippen LogP contribution in [0.5, 0.6) is 5.75 Å². The summed E-state index contributed by atoms with van der Waals surface area (Å²) in [6.07, 6.45) is 2.54. The van der Waals surface area contributed by atoms with Crippen LogP contribution in [0.15, 0.2) is 36.4 Å². The number of rotatable bonds is 17. The first-order valence-corrected chi connectivity index (χ1v) is 20.2. The molecule has 292 valence electrons. The summed E-state index contributed by atoms with van der Waals surface area (Å²) < 4.78 is 80.1. The molecule has 0 saturated heterocycles. The number of non-ortho nitro benzene ring substituents is 1. The van der Waals surface area contributed by atoms with Crippen molar-refractivity contribution in [3.63, 3.8) is 0 Å². The van der Waals surface area contributed by atoms with Gasteiger partial charge >= 0.3 is 18.3 Å². The van der Waals surface area contributed by atoms with E-state index < -0.39 is 47.2 Å². The molecule has 6 atom stereocenters. The van der Waals surface area contributed by atoms with Crippen molar-refractivity contribution in [3.05, 3.63) is 57.6 Å². The van der Waals surface area contributed by atoms with Gasteiger partial charge in [-0.05, 0) is 97.8 Å². The van der Waals surface area contributed by atoms with E-state index in [1.807, 2.05) is 12.1 Å². The highest BCUT2D eigenvalue weighted by Crippen LogP contribution is 2.61. The Morgan fingerprint density at radius 2 is 1.66 bits per heavy atom. The molecule has 2 saturated carbocycles. The number of Topliss-reactive ketones (excluding diaryl/α,β-unsaturated/α-hetero) is 1. The molecule has 53 heavy (non-hydrogen) atoms. The molecular formula is C39H48F5NO7S. The largest absolute Gasteiger partial charge is 0.616 e. The predicted molar refractivity (Wildman–Crippen MR) is 191 cm³/mol. The zero-order valence-corrected chi connectivity index (χ0v) is 30.8. The third-order valence-corrected chi connectivity index (χ3v) is 13.5. The predicted octanol–water partition coefficient (Wildman–Crippen LogP) is 10.8. The van der Waals surface area contributed by atoms with Crippen LogP contribution in [-0.4, -0.2) is 50.1 Å². The number of ether oxygens (including phenoxy) is 1. The standard InChI is InChI=1S/C39H48F5NO7S/c1-37-19-17-30-29-13-11-25(31-24-28(45(49)50)12-15-33(31)52-36(47)48)22-27(29)23-26(35(30)32(37)14-16-34(37)46)10-7-5-3-2-4-6-8-20-53(51)21-9-18-38(40,41)39(42,43)44/h11-13,15,22,24,26,30,32,35H,2-10,14,16-21,23H2,1H3,(H,47,48)/t26-,30-,32+,35-,37+,53?/m1/s1. The van der Waals surface area contributed by atoms with Crippen LogP contribution in [0.3, 0.4) is 0 Å². The number of alkyl halides is 5. The Hall–Kier alpha value is -3.26. The average Bonchev–Trinajstić information content (AvgIpc) is 3.39. The number of benzene rings is 2. The zero-order chi connectivity index (χ0) is 38.6. The molecule has 2 aromatic rings. The summed E-state index contributed by atoms with van der Waals surface area (Å²) in [6, 6.07) is 9.83. The summed E-state index contributed by atoms with van der Waals surface area (Å²) in [4.78, 5) is 35.6. The highest BCUT2D eigenvalue weighted by molar-refractivity contribution is 7.91. The first-order valence-electron chi connectivity index (χ1n) is 18.7. The molecule has 0 bridgehead atoms. The summed E-state index contributed by atoms with van der Waals surface area (Å²) in [5.74, 6) is -2.94. The number of carbonyl (C=O) groups is 2. The molecular weight excluding hydrogens is 721 g/mol. The van der Waals surface area contributed by atoms with Gasteiger partial charge < -0.3 is 14.4 Å². The normalized spacial score (nSPS) is 24.6. The van der Waals surface area contributed by atoms with Crippen molar-refractivity contribution in [1.82, 2.24) is 0 Å². The van der Waals surface area contributed by atoms with Gasteiger partial charge in [0.15, 0.2) is 0 Å². The van der Waals surface area contributed by atoms with Crippen LogP contribution in [0.25, 0.3) is 11.1 Å². The third-order valence-electron chi connectivity index (χ3n) is 12.0. The summed E-state index contributed by atoms with van der Waals surface area (Å²) in [7, 11) is 0. The number of fused-ring (bicyclic) bond motifs is 5. The van der Waals surface area contributed by atoms with Gasteiger partial charge in [-0.3, -0.25) is 14.9 Å². The van der Waals surface area contributed by atoms with Crippen LogP contribution < -0.4 is 4.74 Å². The quantitative estimate of drug-likeness (QED) is 0.0322. The van der Waals surface area contributed by atoms with E-state index >= 15 is 0 Å². The van der Waals surface area contributed by atoms with Crippen molar-refractivity contribution in [2.24, 2.45) is 23.2 Å². The molecule has 1 N–H and O–H groups in total. The fourth-order valence-corrected chi connectivity index (χ4v) is 10.5. The molecule has 14 heteroatoms. The van der Waals surface area contributed by atoms with Crippen molar-refractivity contribution in [3.8, 4) is 16.9 Å². The maximum atomic E-state index is 13.1. The Morgan fingerprint density at radius 3 is 2.34 bits per heavy atom. The minimum atomic E-state index is -5.58. The second kappa shape index (κ2) is 17.0. The number of hydrogen-bond acceptors (Lipinski definition) is 6. The van der Waals surface area contributed by atoms with Gasteiger partial charge in [-0.15, -0.1) is 0 Å². The topological polar surface area (TPSA) is 130 Å². The molecule has 0 radical (unpaired) electrons. The zero-order valence-electron chi connectivity index (χ0n) is 29.9. The number of nitrogens with zero attached hydrogens (tertiary/aromatic N) is 1. The number of ketones is 1. The lowest BCUT2D eigenvalue weighted by atomic mass is 9.52. The van der Waals surface area contributed by atoms with E-state index in [9.17, 15) is 51.3 Å². The van der Waals surface area contributed by atoms with Crippen LogP contribution in [0.2, 0.25) is 0 Å². The highest BCUT2D eigenvalue weighted by Gasteiger charge is 2.57. The SMILES string of the molecule is C[C@]12CC[C@@H]3c4ccc(-c5cc([N+](=O)[O-])ccc5OC(=O)O)cc4C[C@@H](CCCCCCCCC[S+]([O-])CCCC(F)(F)C(F)(F)F)[C@H]3[C@@H]1CCC2=O. The Kier molecular flexibility index (Phi) is 13.2. The number of carbonyl (C=O) groups excluding carboxylic acids is 1. The fourth-order valence-electron chi connectivity index (χ4n) is 9.31. The first-order chi connectivity index (χ1) is 25.0. The minimum Gasteiger partial charge on any atom is -0.616 e. The molecule has 8 nitrogen and oxygen atoms in total. The monoisotopic (exact) mass is 769 g/mol. The van der Waals surface area contributed by atoms with Gasteiger partial charge in [-0.2, -0.15) is 22.0 Å². The van der Waals surface area contributed by atoms with E-state index in [0.717, 1.165) is 76.2 Å². The van der Waals surface area contributed by atoms with Gasteiger partial charge in [-0.25, -0.2) is 4.79 Å². The maximum Gasteiger partial charge on any atom is 0.511 e. The van der Waals surface area contributed by atoms with Gasteiger partial charge in [0.05, 0.1) is 4.92 Å². The van der Waals surface area contributed by atoms with E-state index in [0.29, 0.717) is 53.3 Å². The van der Waals surface area contributed by atoms with Crippen molar-refractivity contribution in [2.75, 3.05) is 11.5 Å². The number of halogens is 5. The van der Waals surface area contributed by atoms with Gasteiger partial charge in [0.2, 0.25) is 0 Å². The van der Waals surface area contributed by atoms with E-state index in [4.69, 9.17) is 4.74 Å². The van der Waals surface area contributed by atoms with Crippen LogP contribution in [0.4, 0.5) is 32.4 Å². The smallest absolute Gasteiger partial charge is 0.511 e. The summed E-state index contributed by atoms with van der Waals surface area (Å²) in [5.41, 5.74) is 2.88. The second-order valence-corrected chi connectivity index (χ2v) is 17.0. The number of carboxylic acid groups (broad SMARTS) is 1. The van der Waals surface area contributed by atoms with Crippen LogP contribution >= 0.6 is 0 Å². The molecule has 0 heterocycles. The van der Waals surface area contributed by atoms with E-state index in [1.165, 1.54) is 23.8 Å². The molecule has 0 amide bonds. The fraction of sp³-hybridized carbons (Fsp3) is 0.641. The van der Waals surface area contributed by atoms with Gasteiger partial charge in [0.25, 0.3) is 5.69 Å². The molecule has 2 aromatic carbocycles. The number of nitro benzene ring substituents is 1. The number of hydrogen-bond donors (Lipinski definition) is 1. The summed E-state index contributed by atoms with van der Waals surface area (Å²) in [5, 5.41) is 20.9. The van der Waals surface area contributed by atoms with E-state index in [2.05, 4.69) is 13.0 Å².